The highest BCUT2D eigenvalue weighted by Crippen LogP contribution is 2.33. The molecule has 4 rings (SSSR count). The lowest BCUT2D eigenvalue weighted by atomic mass is 9.89. The van der Waals surface area contributed by atoms with Gasteiger partial charge in [-0.2, -0.15) is 0 Å². The summed E-state index contributed by atoms with van der Waals surface area (Å²) in [4.78, 5) is 12.4. The van der Waals surface area contributed by atoms with Crippen molar-refractivity contribution in [2.75, 3.05) is 12.4 Å². The van der Waals surface area contributed by atoms with Crippen molar-refractivity contribution in [2.24, 2.45) is 5.92 Å². The minimum atomic E-state index is 0.0559. The summed E-state index contributed by atoms with van der Waals surface area (Å²) in [6, 6.07) is 9.13. The summed E-state index contributed by atoms with van der Waals surface area (Å²) in [5.74, 6) is 1.37. The van der Waals surface area contributed by atoms with Crippen LogP contribution in [-0.2, 0) is 11.2 Å². The third-order valence-corrected chi connectivity index (χ3v) is 6.09. The van der Waals surface area contributed by atoms with Crippen molar-refractivity contribution in [1.82, 2.24) is 15.5 Å². The Balaban J connectivity index is 1.30. The van der Waals surface area contributed by atoms with Crippen LogP contribution >= 0.6 is 11.3 Å². The number of benzene rings is 1. The summed E-state index contributed by atoms with van der Waals surface area (Å²) in [7, 11) is 1.66. The molecule has 0 saturated carbocycles. The molecule has 138 valence electrons. The molecule has 2 fully saturated rings. The van der Waals surface area contributed by atoms with Crippen LogP contribution in [0.1, 0.15) is 42.7 Å². The maximum absolute atomic E-state index is 12.4. The molecule has 0 spiro atoms. The third kappa shape index (κ3) is 4.22. The van der Waals surface area contributed by atoms with Crippen LogP contribution in [0.2, 0.25) is 0 Å². The van der Waals surface area contributed by atoms with Crippen molar-refractivity contribution in [1.29, 1.82) is 0 Å². The molecule has 2 bridgehead atoms. The van der Waals surface area contributed by atoms with E-state index in [9.17, 15) is 4.79 Å². The van der Waals surface area contributed by atoms with E-state index in [0.29, 0.717) is 36.0 Å². The monoisotopic (exact) mass is 372 g/mol. The maximum Gasteiger partial charge on any atom is 0.226 e. The molecule has 2 N–H and O–H groups in total. The summed E-state index contributed by atoms with van der Waals surface area (Å²) < 4.78 is 5.25. The average Bonchev–Trinajstić information content (AvgIpc) is 3.20. The van der Waals surface area contributed by atoms with Gasteiger partial charge in [0.2, 0.25) is 11.0 Å². The summed E-state index contributed by atoms with van der Waals surface area (Å²) >= 11 is 1.44. The van der Waals surface area contributed by atoms with Gasteiger partial charge in [-0.25, -0.2) is 0 Å². The molecule has 7 heteroatoms. The summed E-state index contributed by atoms with van der Waals surface area (Å²) in [5.41, 5.74) is 1.11. The molecule has 2 aliphatic rings. The lowest BCUT2D eigenvalue weighted by Crippen LogP contribution is -2.39. The lowest BCUT2D eigenvalue weighted by Gasteiger charge is -2.28. The van der Waals surface area contributed by atoms with Gasteiger partial charge in [0.05, 0.1) is 7.11 Å². The molecule has 1 aromatic carbocycles. The van der Waals surface area contributed by atoms with Gasteiger partial charge in [-0.05, 0) is 49.3 Å². The van der Waals surface area contributed by atoms with Gasteiger partial charge >= 0.3 is 0 Å². The summed E-state index contributed by atoms with van der Waals surface area (Å²) in [5, 5.41) is 16.3. The fourth-order valence-corrected chi connectivity index (χ4v) is 4.90. The second-order valence-electron chi connectivity index (χ2n) is 7.26. The van der Waals surface area contributed by atoms with Crippen LogP contribution in [0.4, 0.5) is 5.13 Å². The minimum absolute atomic E-state index is 0.0559. The number of anilines is 1. The van der Waals surface area contributed by atoms with E-state index in [2.05, 4.69) is 20.8 Å². The highest BCUT2D eigenvalue weighted by atomic mass is 32.1. The Morgan fingerprint density at radius 1 is 1.31 bits per heavy atom. The lowest BCUT2D eigenvalue weighted by molar-refractivity contribution is -0.117. The number of rotatable bonds is 6. The Hall–Kier alpha value is -1.99. The number of carbonyl (C=O) groups is 1. The summed E-state index contributed by atoms with van der Waals surface area (Å²) in [6.45, 7) is 0. The van der Waals surface area contributed by atoms with Gasteiger partial charge in [-0.15, -0.1) is 10.2 Å². The molecule has 1 aromatic heterocycles. The minimum Gasteiger partial charge on any atom is -0.497 e. The first-order valence-corrected chi connectivity index (χ1v) is 10.0. The average molecular weight is 372 g/mol. The molecule has 26 heavy (non-hydrogen) atoms. The van der Waals surface area contributed by atoms with Crippen molar-refractivity contribution < 1.29 is 9.53 Å². The number of piperidine rings is 1. The molecular weight excluding hydrogens is 348 g/mol. The molecule has 2 saturated heterocycles. The molecule has 2 aromatic rings. The van der Waals surface area contributed by atoms with Crippen LogP contribution in [0.3, 0.4) is 0 Å². The number of nitrogens with one attached hydrogen (secondary N) is 2. The maximum atomic E-state index is 12.4. The Morgan fingerprint density at radius 3 is 2.88 bits per heavy atom. The van der Waals surface area contributed by atoms with Crippen LogP contribution in [0.25, 0.3) is 0 Å². The van der Waals surface area contributed by atoms with Crippen LogP contribution in [-0.4, -0.2) is 35.3 Å². The number of aromatic nitrogens is 2. The van der Waals surface area contributed by atoms with E-state index in [-0.39, 0.29) is 5.91 Å². The van der Waals surface area contributed by atoms with E-state index in [1.54, 1.807) is 7.11 Å². The SMILES string of the molecule is COc1cccc(Cc2nnc(NC(=O)CC3CC4CCC(C3)N4)s2)c1. The molecular formula is C19H24N4O2S. The van der Waals surface area contributed by atoms with E-state index in [0.717, 1.165) is 29.2 Å². The van der Waals surface area contributed by atoms with Crippen LogP contribution < -0.4 is 15.4 Å². The van der Waals surface area contributed by atoms with Gasteiger partial charge in [-0.1, -0.05) is 23.5 Å². The predicted octanol–water partition coefficient (Wildman–Crippen LogP) is 3.00. The highest BCUT2D eigenvalue weighted by molar-refractivity contribution is 7.15. The van der Waals surface area contributed by atoms with Gasteiger partial charge in [0.1, 0.15) is 10.8 Å². The number of amides is 1. The number of fused-ring (bicyclic) bond motifs is 2. The zero-order valence-electron chi connectivity index (χ0n) is 14.9. The first-order valence-electron chi connectivity index (χ1n) is 9.19. The molecule has 3 heterocycles. The number of carbonyl (C=O) groups excluding carboxylic acids is 1. The number of methoxy groups -OCH3 is 1. The molecule has 2 aliphatic heterocycles. The number of nitrogens with zero attached hydrogens (tertiary/aromatic N) is 2. The predicted molar refractivity (Wildman–Crippen MR) is 102 cm³/mol. The van der Waals surface area contributed by atoms with Gasteiger partial charge in [0.25, 0.3) is 0 Å². The Morgan fingerprint density at radius 2 is 2.12 bits per heavy atom. The van der Waals surface area contributed by atoms with Crippen LogP contribution in [0, 0.1) is 5.92 Å². The fourth-order valence-electron chi connectivity index (χ4n) is 4.11. The third-order valence-electron chi connectivity index (χ3n) is 5.25. The standard InChI is InChI=1S/C19H24N4O2S/c1-25-16-4-2-3-12(9-16)11-18-22-23-19(26-18)21-17(24)10-13-7-14-5-6-15(8-13)20-14/h2-4,9,13-15,20H,5-8,10-11H2,1H3,(H,21,23,24). The first-order chi connectivity index (χ1) is 12.7. The molecule has 1 amide bonds. The van der Waals surface area contributed by atoms with Gasteiger partial charge in [-0.3, -0.25) is 4.79 Å². The first kappa shape index (κ1) is 17.4. The van der Waals surface area contributed by atoms with Crippen molar-refractivity contribution in [2.45, 2.75) is 50.6 Å². The van der Waals surface area contributed by atoms with Crippen molar-refractivity contribution in [3.63, 3.8) is 0 Å². The topological polar surface area (TPSA) is 76.1 Å². The Bertz CT molecular complexity index is 766. The molecule has 0 aliphatic carbocycles. The summed E-state index contributed by atoms with van der Waals surface area (Å²) in [6.07, 6.45) is 6.00. The van der Waals surface area contributed by atoms with Crippen molar-refractivity contribution in [3.8, 4) is 5.75 Å². The van der Waals surface area contributed by atoms with E-state index in [4.69, 9.17) is 4.74 Å². The van der Waals surface area contributed by atoms with Crippen LogP contribution in [0.15, 0.2) is 24.3 Å². The zero-order valence-corrected chi connectivity index (χ0v) is 15.7. The normalized spacial score (nSPS) is 24.4. The van der Waals surface area contributed by atoms with Crippen molar-refractivity contribution >= 4 is 22.4 Å². The molecule has 2 unspecified atom stereocenters. The molecule has 0 radical (unpaired) electrons. The van der Waals surface area contributed by atoms with E-state index in [1.165, 1.54) is 24.2 Å². The second kappa shape index (κ2) is 7.72. The van der Waals surface area contributed by atoms with Crippen molar-refractivity contribution in [3.05, 3.63) is 34.8 Å². The number of ether oxygens (including phenoxy) is 1. The van der Waals surface area contributed by atoms with Gasteiger partial charge < -0.3 is 15.4 Å². The Kier molecular flexibility index (Phi) is 5.17. The zero-order chi connectivity index (χ0) is 17.9. The van der Waals surface area contributed by atoms with Crippen LogP contribution in [0.5, 0.6) is 5.75 Å². The molecule has 6 nitrogen and oxygen atoms in total. The Labute approximate surface area is 157 Å². The van der Waals surface area contributed by atoms with E-state index in [1.807, 2.05) is 24.3 Å². The fraction of sp³-hybridized carbons (Fsp3) is 0.526. The number of hydrogen-bond acceptors (Lipinski definition) is 6. The molecule has 2 atom stereocenters. The quantitative estimate of drug-likeness (QED) is 0.815. The highest BCUT2D eigenvalue weighted by Gasteiger charge is 2.34. The van der Waals surface area contributed by atoms with Gasteiger partial charge in [0, 0.05) is 24.9 Å². The largest absolute Gasteiger partial charge is 0.497 e. The van der Waals surface area contributed by atoms with E-state index < -0.39 is 0 Å². The van der Waals surface area contributed by atoms with E-state index >= 15 is 0 Å². The second-order valence-corrected chi connectivity index (χ2v) is 8.32. The number of hydrogen-bond donors (Lipinski definition) is 2. The van der Waals surface area contributed by atoms with Gasteiger partial charge in [0.15, 0.2) is 0 Å². The smallest absolute Gasteiger partial charge is 0.226 e.